The van der Waals surface area contributed by atoms with Crippen LogP contribution in [0.3, 0.4) is 0 Å². The fraction of sp³-hybridized carbons (Fsp3) is 0. The number of nitrogens with zero attached hydrogens (tertiary/aromatic N) is 11. The predicted molar refractivity (Wildman–Crippen MR) is 505 cm³/mol. The molecular weight excluding hydrogens is 1540 g/mol. The highest BCUT2D eigenvalue weighted by Gasteiger charge is 2.25. The molecule has 0 amide bonds. The van der Waals surface area contributed by atoms with Gasteiger partial charge in [-0.25, -0.2) is 44.9 Å². The lowest BCUT2D eigenvalue weighted by Crippen LogP contribution is -1.99. The molecule has 26 aromatic rings. The summed E-state index contributed by atoms with van der Waals surface area (Å²) in [5.74, 6) is 1.90. The number of benzene rings is 14. The monoisotopic (exact) mass is 1600 g/mol. The van der Waals surface area contributed by atoms with Gasteiger partial charge in [0.05, 0.1) is 50.4 Å². The molecule has 0 atom stereocenters. The van der Waals surface area contributed by atoms with E-state index in [0.717, 1.165) is 116 Å². The fourth-order valence-corrected chi connectivity index (χ4v) is 21.9. The molecule has 12 aromatic heterocycles. The summed E-state index contributed by atoms with van der Waals surface area (Å²) in [6, 6.07) is 115. The zero-order valence-electron chi connectivity index (χ0n) is 63.6. The van der Waals surface area contributed by atoms with Gasteiger partial charge in [0.2, 0.25) is 0 Å². The second-order valence-corrected chi connectivity index (χ2v) is 34.1. The van der Waals surface area contributed by atoms with E-state index in [0.29, 0.717) is 17.5 Å². The van der Waals surface area contributed by atoms with E-state index < -0.39 is 0 Å². The quantitative estimate of drug-likeness (QED) is 0.141. The van der Waals surface area contributed by atoms with Gasteiger partial charge in [0.1, 0.15) is 11.4 Å². The van der Waals surface area contributed by atoms with E-state index in [4.69, 9.17) is 44.9 Å². The van der Waals surface area contributed by atoms with Crippen LogP contribution in [-0.2, 0) is 0 Å². The third-order valence-electron chi connectivity index (χ3n) is 22.8. The van der Waals surface area contributed by atoms with Gasteiger partial charge in [-0.2, -0.15) is 0 Å². The summed E-state index contributed by atoms with van der Waals surface area (Å²) >= 11 is 7.33. The molecule has 0 spiro atoms. The van der Waals surface area contributed by atoms with Crippen LogP contribution in [0.5, 0.6) is 0 Å². The highest BCUT2D eigenvalue weighted by atomic mass is 32.1. The molecule has 0 N–H and O–H groups in total. The first kappa shape index (κ1) is 69.3. The van der Waals surface area contributed by atoms with Crippen LogP contribution in [0.25, 0.3) is 247 Å². The van der Waals surface area contributed by atoms with E-state index >= 15 is 0 Å². The maximum absolute atomic E-state index is 5.32. The average Bonchev–Trinajstić information content (AvgIpc) is 1.42. The van der Waals surface area contributed by atoms with Crippen molar-refractivity contribution in [2.75, 3.05) is 0 Å². The summed E-state index contributed by atoms with van der Waals surface area (Å²) in [7, 11) is 0. The van der Waals surface area contributed by atoms with Gasteiger partial charge >= 0.3 is 0 Å². The van der Waals surface area contributed by atoms with Crippen LogP contribution in [0, 0.1) is 0 Å². The van der Waals surface area contributed by atoms with Crippen LogP contribution >= 0.6 is 45.3 Å². The molecule has 0 aliphatic carbocycles. The lowest BCUT2D eigenvalue weighted by molar-refractivity contribution is 1.16. The maximum atomic E-state index is 5.32. The predicted octanol–water partition coefficient (Wildman–Crippen LogP) is 28.8. The lowest BCUT2D eigenvalue weighted by Gasteiger charge is -2.14. The first-order valence-corrected chi connectivity index (χ1v) is 42.8. The van der Waals surface area contributed by atoms with Gasteiger partial charge in [0.25, 0.3) is 0 Å². The Hall–Kier alpha value is -15.0. The van der Waals surface area contributed by atoms with Crippen molar-refractivity contribution in [3.63, 3.8) is 0 Å². The number of hydrogen-bond donors (Lipinski definition) is 0. The van der Waals surface area contributed by atoms with E-state index in [1.807, 2.05) is 118 Å². The summed E-state index contributed by atoms with van der Waals surface area (Å²) in [4.78, 5) is 54.8. The van der Waals surface area contributed by atoms with Crippen molar-refractivity contribution in [3.8, 4) is 79.5 Å². The standard InChI is InChI=1S/C39H21N3S2.C33H19N5S.C33H19N3S/c1-2-11-25-24(10-1)35-30(18-20-34-36(35)27-13-5-8-16-32(27)44-34)40-38(25)39-41-29-14-6-3-12-26(29)37(42-39)22-17-19-33-28(21-22)23-9-4-7-15-31(23)43-33;1-2-10-23-22(9-1)29-26(13-14-28-30(29)24-11-3-4-12-27(24)39-28)37-32(23)25-19-36-33(21-8-6-16-35-18-21)38-31(25)20-7-5-15-34-17-20;1-2-10-20(11-3-1)31-23-14-6-8-16-25(23)35-33(36-31)32-22-13-5-4-12-21(22)29-26(34-32)18-19-28-30(29)24-15-7-9-17-27(24)37-28/h1-21H;1-19H;1-19H. The molecule has 14 aromatic carbocycles. The Labute approximate surface area is 700 Å². The topological polar surface area (TPSA) is 142 Å². The molecule has 12 heterocycles. The van der Waals surface area contributed by atoms with Crippen LogP contribution in [0.15, 0.2) is 359 Å². The van der Waals surface area contributed by atoms with Crippen LogP contribution in [0.4, 0.5) is 0 Å². The van der Waals surface area contributed by atoms with Gasteiger partial charge in [0, 0.05) is 183 Å². The molecule has 558 valence electrons. The van der Waals surface area contributed by atoms with Crippen LogP contribution in [-0.4, -0.2) is 54.8 Å². The third-order valence-corrected chi connectivity index (χ3v) is 27.4. The van der Waals surface area contributed by atoms with Crippen molar-refractivity contribution in [2.24, 2.45) is 0 Å². The zero-order valence-corrected chi connectivity index (χ0v) is 66.9. The van der Waals surface area contributed by atoms with Crippen LogP contribution in [0.2, 0.25) is 0 Å². The highest BCUT2D eigenvalue weighted by molar-refractivity contribution is 7.27. The van der Waals surface area contributed by atoms with Gasteiger partial charge in [-0.1, -0.05) is 218 Å². The molecule has 0 bridgehead atoms. The average molecular weight is 1600 g/mol. The minimum Gasteiger partial charge on any atom is -0.264 e. The first-order valence-electron chi connectivity index (χ1n) is 39.6. The number of hydrogen-bond acceptors (Lipinski definition) is 15. The van der Waals surface area contributed by atoms with E-state index in [9.17, 15) is 0 Å². The first-order chi connectivity index (χ1) is 59.5. The van der Waals surface area contributed by atoms with Gasteiger partial charge < -0.3 is 0 Å². The lowest BCUT2D eigenvalue weighted by atomic mass is 9.96. The number of rotatable bonds is 7. The SMILES string of the molecule is c1ccc(-c2nc(-c3nc4ccc5sc6ccccc6c5c4c4ccccc34)nc3ccccc23)cc1.c1ccc2c(-c3ccc4sc5ccccc5c4c3)nc(-c3nc4ccc5sc6ccccc6c5c4c4ccccc34)nc2c1.c1cncc(-c2ncc(-c3nc4ccc5sc6ccccc6c5c4c4ccccc34)c(-c3cccnc3)n2)c1. The zero-order chi connectivity index (χ0) is 78.9. The summed E-state index contributed by atoms with van der Waals surface area (Å²) in [6.45, 7) is 0. The molecule has 0 saturated heterocycles. The van der Waals surface area contributed by atoms with Crippen molar-refractivity contribution in [1.82, 2.24) is 54.8 Å². The normalized spacial score (nSPS) is 11.8. The van der Waals surface area contributed by atoms with Gasteiger partial charge in [-0.15, -0.1) is 45.3 Å². The second kappa shape index (κ2) is 28.4. The molecule has 26 rings (SSSR count). The largest absolute Gasteiger partial charge is 0.264 e. The van der Waals surface area contributed by atoms with Gasteiger partial charge in [0.15, 0.2) is 17.5 Å². The molecular formula is C105H59N11S4. The number of fused-ring (bicyclic) bond motifs is 26. The molecule has 0 aliphatic heterocycles. The van der Waals surface area contributed by atoms with Crippen LogP contribution in [0.1, 0.15) is 0 Å². The van der Waals surface area contributed by atoms with Crippen molar-refractivity contribution in [1.29, 1.82) is 0 Å². The van der Waals surface area contributed by atoms with E-state index in [1.54, 1.807) is 18.6 Å². The summed E-state index contributed by atoms with van der Waals surface area (Å²) < 4.78 is 10.3. The van der Waals surface area contributed by atoms with Gasteiger partial charge in [-0.05, 0) is 125 Å². The summed E-state index contributed by atoms with van der Waals surface area (Å²) in [5.41, 5.74) is 14.6. The Morgan fingerprint density at radius 2 is 0.533 bits per heavy atom. The number of thiophene rings is 4. The van der Waals surface area contributed by atoms with E-state index in [-0.39, 0.29) is 0 Å². The van der Waals surface area contributed by atoms with Crippen molar-refractivity contribution in [2.45, 2.75) is 0 Å². The Kier molecular flexibility index (Phi) is 16.4. The Morgan fingerprint density at radius 3 is 1.02 bits per heavy atom. The molecule has 0 fully saturated rings. The van der Waals surface area contributed by atoms with Crippen molar-refractivity contribution < 1.29 is 0 Å². The van der Waals surface area contributed by atoms with Crippen molar-refractivity contribution in [3.05, 3.63) is 359 Å². The Morgan fingerprint density at radius 1 is 0.175 bits per heavy atom. The minimum absolute atomic E-state index is 0.613. The highest BCUT2D eigenvalue weighted by Crippen LogP contribution is 2.48. The number of aromatic nitrogens is 11. The second-order valence-electron chi connectivity index (χ2n) is 29.8. The molecule has 15 heteroatoms. The molecule has 0 saturated carbocycles. The Balaban J connectivity index is 0.000000103. The van der Waals surface area contributed by atoms with E-state index in [1.165, 1.54) is 113 Å². The van der Waals surface area contributed by atoms with Crippen molar-refractivity contribution >= 4 is 213 Å². The molecule has 11 nitrogen and oxygen atoms in total. The van der Waals surface area contributed by atoms with E-state index in [2.05, 4.69) is 277 Å². The molecule has 0 radical (unpaired) electrons. The number of pyridine rings is 5. The smallest absolute Gasteiger partial charge is 0.179 e. The summed E-state index contributed by atoms with van der Waals surface area (Å²) in [6.07, 6.45) is 9.02. The molecule has 0 unspecified atom stereocenters. The minimum atomic E-state index is 0.613. The third kappa shape index (κ3) is 11.5. The number of para-hydroxylation sites is 2. The Bertz CT molecular complexity index is 8710. The fourth-order valence-electron chi connectivity index (χ4n) is 17.5. The molecule has 0 aliphatic rings. The summed E-state index contributed by atoms with van der Waals surface area (Å²) in [5, 5.41) is 22.5. The maximum Gasteiger partial charge on any atom is 0.179 e. The molecule has 120 heavy (non-hydrogen) atoms. The van der Waals surface area contributed by atoms with Crippen LogP contribution < -0.4 is 0 Å². The van der Waals surface area contributed by atoms with Gasteiger partial charge in [-0.3, -0.25) is 9.97 Å².